The first-order valence-corrected chi connectivity index (χ1v) is 11.2. The van der Waals surface area contributed by atoms with Crippen LogP contribution in [0.3, 0.4) is 0 Å². The Hall–Kier alpha value is -1.84. The van der Waals surface area contributed by atoms with Crippen molar-refractivity contribution in [1.29, 1.82) is 0 Å². The smallest absolute Gasteiger partial charge is 0.319 e. The Kier molecular flexibility index (Phi) is 5.60. The summed E-state index contributed by atoms with van der Waals surface area (Å²) < 4.78 is 40.7. The highest BCUT2D eigenvalue weighted by atomic mass is 35.5. The molecule has 0 radical (unpaired) electrons. The van der Waals surface area contributed by atoms with Crippen molar-refractivity contribution in [1.82, 2.24) is 19.9 Å². The highest BCUT2D eigenvalue weighted by Crippen LogP contribution is 2.40. The number of anilines is 1. The normalized spacial score (nSPS) is 29.4. The first-order valence-electron chi connectivity index (χ1n) is 10.9. The van der Waals surface area contributed by atoms with Gasteiger partial charge in [0.1, 0.15) is 24.1 Å². The van der Waals surface area contributed by atoms with Gasteiger partial charge in [-0.2, -0.15) is 9.97 Å². The van der Waals surface area contributed by atoms with Crippen LogP contribution in [-0.4, -0.2) is 77.1 Å². The van der Waals surface area contributed by atoms with E-state index in [9.17, 15) is 8.78 Å². The molecule has 10 heteroatoms. The Morgan fingerprint density at radius 3 is 3.03 bits per heavy atom. The Morgan fingerprint density at radius 2 is 2.16 bits per heavy atom. The summed E-state index contributed by atoms with van der Waals surface area (Å²) in [5.74, 6) is -0.145. The minimum absolute atomic E-state index is 0.00732. The average Bonchev–Trinajstić information content (AvgIpc) is 3.17. The summed E-state index contributed by atoms with van der Waals surface area (Å²) >= 11 is 5.93. The third-order valence-corrected chi connectivity index (χ3v) is 6.85. The van der Waals surface area contributed by atoms with E-state index in [0.717, 1.165) is 25.8 Å². The van der Waals surface area contributed by atoms with Crippen LogP contribution >= 0.6 is 11.6 Å². The predicted octanol–water partition coefficient (Wildman–Crippen LogP) is 3.39. The molecular weight excluding hydrogens is 428 g/mol. The van der Waals surface area contributed by atoms with Gasteiger partial charge in [-0.15, -0.1) is 0 Å². The summed E-state index contributed by atoms with van der Waals surface area (Å²) in [6.07, 6.45) is 3.81. The topological polar surface area (TPSA) is 63.6 Å². The quantitative estimate of drug-likeness (QED) is 0.657. The molecule has 0 amide bonds. The van der Waals surface area contributed by atoms with Gasteiger partial charge in [-0.25, -0.2) is 13.8 Å². The van der Waals surface area contributed by atoms with E-state index >= 15 is 0 Å². The highest BCUT2D eigenvalue weighted by molar-refractivity contribution is 6.30. The van der Waals surface area contributed by atoms with Gasteiger partial charge in [-0.05, 0) is 32.7 Å². The Morgan fingerprint density at radius 1 is 1.29 bits per heavy atom. The molecule has 0 saturated carbocycles. The lowest BCUT2D eigenvalue weighted by atomic mass is 9.95. The minimum atomic E-state index is -0.849. The molecular formula is C21H26ClF2N5O2. The van der Waals surface area contributed by atoms with Crippen LogP contribution in [0.15, 0.2) is 6.20 Å². The number of nitrogens with zero attached hydrogens (tertiary/aromatic N) is 5. The maximum atomic E-state index is 14.8. The van der Waals surface area contributed by atoms with Crippen molar-refractivity contribution in [3.63, 3.8) is 0 Å². The van der Waals surface area contributed by atoms with Crippen LogP contribution in [0, 0.1) is 5.82 Å². The van der Waals surface area contributed by atoms with E-state index in [1.807, 2.05) is 6.92 Å². The average molecular weight is 454 g/mol. The molecule has 2 aromatic rings. The van der Waals surface area contributed by atoms with E-state index in [2.05, 4.69) is 24.8 Å². The zero-order chi connectivity index (χ0) is 21.6. The van der Waals surface area contributed by atoms with Crippen molar-refractivity contribution in [3.05, 3.63) is 17.2 Å². The number of rotatable bonds is 4. The minimum Gasteiger partial charge on any atom is -0.461 e. The summed E-state index contributed by atoms with van der Waals surface area (Å²) in [6.45, 7) is 5.56. The first-order chi connectivity index (χ1) is 14.9. The standard InChI is InChI=1S/C21H26ClF2N5O2/c1-13-10-28(5-3-7-30-13)19-15-9-25-18(22)16(24)17(15)26-20(27-19)31-12-21-4-2-6-29(21)11-14(23)8-21/h9,13-14H,2-8,10-12H2,1H3/t13-,14+,21-/m0/s1. The van der Waals surface area contributed by atoms with E-state index in [-0.39, 0.29) is 34.9 Å². The van der Waals surface area contributed by atoms with Crippen LogP contribution in [0.2, 0.25) is 5.15 Å². The molecule has 31 heavy (non-hydrogen) atoms. The van der Waals surface area contributed by atoms with Gasteiger partial charge >= 0.3 is 6.01 Å². The molecule has 0 aromatic carbocycles. The van der Waals surface area contributed by atoms with Crippen molar-refractivity contribution in [2.45, 2.75) is 50.4 Å². The van der Waals surface area contributed by atoms with E-state index in [1.54, 1.807) is 0 Å². The summed E-state index contributed by atoms with van der Waals surface area (Å²) in [5.41, 5.74) is -0.259. The number of pyridine rings is 1. The van der Waals surface area contributed by atoms with Crippen LogP contribution in [-0.2, 0) is 4.74 Å². The van der Waals surface area contributed by atoms with Crippen molar-refractivity contribution in [3.8, 4) is 6.01 Å². The lowest BCUT2D eigenvalue weighted by Crippen LogP contribution is -2.43. The summed E-state index contributed by atoms with van der Waals surface area (Å²) in [5, 5.41) is 0.237. The number of alkyl halides is 1. The molecule has 0 N–H and O–H groups in total. The summed E-state index contributed by atoms with van der Waals surface area (Å²) in [4.78, 5) is 17.1. The maximum absolute atomic E-state index is 14.8. The Balaban J connectivity index is 1.50. The van der Waals surface area contributed by atoms with Gasteiger partial charge in [0.2, 0.25) is 0 Å². The molecule has 5 heterocycles. The van der Waals surface area contributed by atoms with E-state index in [0.29, 0.717) is 43.9 Å². The zero-order valence-electron chi connectivity index (χ0n) is 17.5. The van der Waals surface area contributed by atoms with E-state index in [1.165, 1.54) is 6.20 Å². The molecule has 2 aromatic heterocycles. The number of ether oxygens (including phenoxy) is 2. The first kappa shape index (κ1) is 21.0. The number of hydrogen-bond acceptors (Lipinski definition) is 7. The van der Waals surface area contributed by atoms with Gasteiger partial charge in [0.15, 0.2) is 11.0 Å². The van der Waals surface area contributed by atoms with Crippen LogP contribution < -0.4 is 9.64 Å². The zero-order valence-corrected chi connectivity index (χ0v) is 18.2. The molecule has 0 unspecified atom stereocenters. The van der Waals surface area contributed by atoms with Crippen molar-refractivity contribution in [2.75, 3.05) is 44.3 Å². The number of halogens is 3. The fourth-order valence-corrected chi connectivity index (χ4v) is 5.28. The molecule has 0 bridgehead atoms. The molecule has 3 fully saturated rings. The highest BCUT2D eigenvalue weighted by Gasteiger charge is 2.49. The van der Waals surface area contributed by atoms with Gasteiger partial charge in [-0.3, -0.25) is 4.90 Å². The van der Waals surface area contributed by atoms with Crippen LogP contribution in [0.25, 0.3) is 10.9 Å². The van der Waals surface area contributed by atoms with Gasteiger partial charge in [0, 0.05) is 38.9 Å². The third-order valence-electron chi connectivity index (χ3n) is 6.58. The van der Waals surface area contributed by atoms with Crippen molar-refractivity contribution < 1.29 is 18.3 Å². The molecule has 7 nitrogen and oxygen atoms in total. The molecule has 0 spiro atoms. The second-order valence-corrected chi connectivity index (χ2v) is 9.16. The van der Waals surface area contributed by atoms with Gasteiger partial charge < -0.3 is 14.4 Å². The third kappa shape index (κ3) is 3.91. The molecule has 5 rings (SSSR count). The van der Waals surface area contributed by atoms with Crippen LogP contribution in [0.1, 0.15) is 32.6 Å². The summed E-state index contributed by atoms with van der Waals surface area (Å²) in [7, 11) is 0. The molecule has 3 atom stereocenters. The molecule has 0 aliphatic carbocycles. The second-order valence-electron chi connectivity index (χ2n) is 8.80. The molecule has 3 aliphatic rings. The monoisotopic (exact) mass is 453 g/mol. The number of hydrogen-bond donors (Lipinski definition) is 0. The fourth-order valence-electron chi connectivity index (χ4n) is 5.14. The van der Waals surface area contributed by atoms with Crippen molar-refractivity contribution in [2.24, 2.45) is 0 Å². The van der Waals surface area contributed by atoms with Gasteiger partial charge in [-0.1, -0.05) is 11.6 Å². The predicted molar refractivity (Wildman–Crippen MR) is 113 cm³/mol. The molecule has 3 aliphatic heterocycles. The summed E-state index contributed by atoms with van der Waals surface area (Å²) in [6, 6.07) is 0.0741. The van der Waals surface area contributed by atoms with Crippen molar-refractivity contribution >= 4 is 28.3 Å². The lowest BCUT2D eigenvalue weighted by molar-refractivity contribution is 0.0820. The Bertz CT molecular complexity index is 982. The maximum Gasteiger partial charge on any atom is 0.319 e. The molecule has 3 saturated heterocycles. The fraction of sp³-hybridized carbons (Fsp3) is 0.667. The largest absolute Gasteiger partial charge is 0.461 e. The lowest BCUT2D eigenvalue weighted by Gasteiger charge is -2.31. The second kappa shape index (κ2) is 8.26. The van der Waals surface area contributed by atoms with Gasteiger partial charge in [0.25, 0.3) is 0 Å². The van der Waals surface area contributed by atoms with Crippen LogP contribution in [0.4, 0.5) is 14.6 Å². The van der Waals surface area contributed by atoms with Crippen LogP contribution in [0.5, 0.6) is 6.01 Å². The number of aromatic nitrogens is 3. The van der Waals surface area contributed by atoms with E-state index in [4.69, 9.17) is 21.1 Å². The Labute approximate surface area is 184 Å². The number of fused-ring (bicyclic) bond motifs is 2. The van der Waals surface area contributed by atoms with E-state index < -0.39 is 12.0 Å². The molecule has 168 valence electrons. The van der Waals surface area contributed by atoms with Gasteiger partial charge in [0.05, 0.1) is 17.0 Å². The SMILES string of the molecule is C[C@H]1CN(c2nc(OC[C@@]34CCCN3C[C@H](F)C4)nc3c(F)c(Cl)ncc23)CCCO1.